The molecule has 4 rings (SSSR count). The van der Waals surface area contributed by atoms with E-state index in [9.17, 15) is 18.0 Å². The maximum Gasteiger partial charge on any atom is 0.264 e. The molecule has 0 spiro atoms. The van der Waals surface area contributed by atoms with E-state index in [1.165, 1.54) is 24.1 Å². The summed E-state index contributed by atoms with van der Waals surface area (Å²) in [7, 11) is -1.11. The van der Waals surface area contributed by atoms with Crippen LogP contribution >= 0.6 is 0 Å². The van der Waals surface area contributed by atoms with Crippen molar-refractivity contribution in [3.05, 3.63) is 120 Å². The van der Waals surface area contributed by atoms with Gasteiger partial charge in [-0.25, -0.2) is 8.42 Å². The van der Waals surface area contributed by atoms with Crippen molar-refractivity contribution < 1.29 is 27.5 Å². The Morgan fingerprint density at radius 2 is 1.39 bits per heavy atom. The Hall–Kier alpha value is -4.83. The molecular weight excluding hydrogens is 602 g/mol. The van der Waals surface area contributed by atoms with Gasteiger partial charge in [-0.1, -0.05) is 67.6 Å². The number of ether oxygens (including phenoxy) is 2. The van der Waals surface area contributed by atoms with Crippen LogP contribution in [0.4, 0.5) is 5.69 Å². The number of hydrogen-bond donors (Lipinski definition) is 1. The Morgan fingerprint density at radius 3 is 2.00 bits per heavy atom. The monoisotopic (exact) mass is 643 g/mol. The number of hydrogen-bond acceptors (Lipinski definition) is 6. The average Bonchev–Trinajstić information content (AvgIpc) is 3.09. The third-order valence-electron chi connectivity index (χ3n) is 7.73. The molecule has 0 aliphatic carbocycles. The van der Waals surface area contributed by atoms with Gasteiger partial charge in [-0.15, -0.1) is 0 Å². The van der Waals surface area contributed by atoms with Gasteiger partial charge in [-0.2, -0.15) is 0 Å². The van der Waals surface area contributed by atoms with Gasteiger partial charge in [0.25, 0.3) is 10.0 Å². The van der Waals surface area contributed by atoms with E-state index < -0.39 is 28.5 Å². The first-order valence-corrected chi connectivity index (χ1v) is 16.6. The highest BCUT2D eigenvalue weighted by atomic mass is 32.2. The summed E-state index contributed by atoms with van der Waals surface area (Å²) in [6.07, 6.45) is 0.932. The van der Waals surface area contributed by atoms with Crippen LogP contribution in [-0.4, -0.2) is 58.0 Å². The third-order valence-corrected chi connectivity index (χ3v) is 9.52. The highest BCUT2D eigenvalue weighted by molar-refractivity contribution is 7.92. The minimum Gasteiger partial charge on any atom is -0.497 e. The van der Waals surface area contributed by atoms with Crippen LogP contribution in [0.2, 0.25) is 0 Å². The Labute approximate surface area is 271 Å². The quantitative estimate of drug-likeness (QED) is 0.185. The zero-order valence-corrected chi connectivity index (χ0v) is 27.4. The lowest BCUT2D eigenvalue weighted by Gasteiger charge is -2.34. The number of rotatable bonds is 15. The Bertz CT molecular complexity index is 1680. The number of nitrogens with one attached hydrogen (secondary N) is 1. The first-order valence-electron chi connectivity index (χ1n) is 15.1. The molecule has 0 aliphatic heterocycles. The first-order chi connectivity index (χ1) is 22.2. The zero-order chi connectivity index (χ0) is 33.1. The van der Waals surface area contributed by atoms with E-state index in [1.807, 2.05) is 56.3 Å². The lowest BCUT2D eigenvalue weighted by Crippen LogP contribution is -2.54. The zero-order valence-electron chi connectivity index (χ0n) is 26.6. The molecule has 0 saturated heterocycles. The molecule has 242 valence electrons. The summed E-state index contributed by atoms with van der Waals surface area (Å²) < 4.78 is 40.0. The Balaban J connectivity index is 1.81. The van der Waals surface area contributed by atoms with Gasteiger partial charge in [0.2, 0.25) is 11.8 Å². The smallest absolute Gasteiger partial charge is 0.264 e. The summed E-state index contributed by atoms with van der Waals surface area (Å²) >= 11 is 0. The fourth-order valence-electron chi connectivity index (χ4n) is 4.96. The predicted molar refractivity (Wildman–Crippen MR) is 179 cm³/mol. The van der Waals surface area contributed by atoms with Gasteiger partial charge in [0.05, 0.1) is 24.8 Å². The van der Waals surface area contributed by atoms with Gasteiger partial charge in [-0.3, -0.25) is 13.9 Å². The number of benzene rings is 4. The maximum absolute atomic E-state index is 14.6. The number of carbonyl (C=O) groups is 2. The van der Waals surface area contributed by atoms with Crippen molar-refractivity contribution in [3.8, 4) is 11.5 Å². The summed E-state index contributed by atoms with van der Waals surface area (Å²) in [5.41, 5.74) is 1.87. The molecule has 0 saturated carbocycles. The van der Waals surface area contributed by atoms with Gasteiger partial charge >= 0.3 is 0 Å². The molecule has 0 fully saturated rings. The number of sulfonamides is 1. The molecule has 0 bridgehead atoms. The van der Waals surface area contributed by atoms with Crippen LogP contribution in [0.15, 0.2) is 114 Å². The molecule has 0 heterocycles. The molecule has 9 nitrogen and oxygen atoms in total. The maximum atomic E-state index is 14.6. The highest BCUT2D eigenvalue weighted by Crippen LogP contribution is 2.27. The minimum atomic E-state index is -4.19. The lowest BCUT2D eigenvalue weighted by atomic mass is 10.0. The fourth-order valence-corrected chi connectivity index (χ4v) is 6.39. The van der Waals surface area contributed by atoms with Crippen molar-refractivity contribution in [1.29, 1.82) is 0 Å². The second kappa shape index (κ2) is 15.9. The Kier molecular flexibility index (Phi) is 11.8. The second-order valence-electron chi connectivity index (χ2n) is 10.9. The molecule has 0 aliphatic rings. The van der Waals surface area contributed by atoms with E-state index in [0.717, 1.165) is 15.4 Å². The largest absolute Gasteiger partial charge is 0.497 e. The molecule has 0 radical (unpaired) electrons. The minimum absolute atomic E-state index is 0.0355. The van der Waals surface area contributed by atoms with E-state index in [1.54, 1.807) is 61.7 Å². The number of anilines is 1. The van der Waals surface area contributed by atoms with Crippen LogP contribution in [0.3, 0.4) is 0 Å². The van der Waals surface area contributed by atoms with Crippen LogP contribution in [0.1, 0.15) is 31.4 Å². The summed E-state index contributed by atoms with van der Waals surface area (Å²) in [6.45, 7) is 3.37. The summed E-state index contributed by atoms with van der Waals surface area (Å²) in [5, 5.41) is 3.04. The van der Waals surface area contributed by atoms with Gasteiger partial charge in [0.15, 0.2) is 0 Å². The summed E-state index contributed by atoms with van der Waals surface area (Å²) in [6, 6.07) is 30.1. The summed E-state index contributed by atoms with van der Waals surface area (Å²) in [5.74, 6) is 0.270. The molecule has 2 atom stereocenters. The van der Waals surface area contributed by atoms with Gasteiger partial charge in [-0.05, 0) is 73.0 Å². The topological polar surface area (TPSA) is 105 Å². The number of methoxy groups -OCH3 is 2. The number of amides is 2. The predicted octanol–water partition coefficient (Wildman–Crippen LogP) is 5.45. The van der Waals surface area contributed by atoms with Crippen molar-refractivity contribution in [2.75, 3.05) is 25.1 Å². The number of carbonyl (C=O) groups excluding carboxylic acids is 2. The van der Waals surface area contributed by atoms with E-state index in [0.29, 0.717) is 17.9 Å². The van der Waals surface area contributed by atoms with Crippen LogP contribution in [0, 0.1) is 0 Å². The third kappa shape index (κ3) is 8.66. The normalized spacial score (nSPS) is 12.4. The van der Waals surface area contributed by atoms with E-state index >= 15 is 0 Å². The number of nitrogens with zero attached hydrogens (tertiary/aromatic N) is 2. The highest BCUT2D eigenvalue weighted by Gasteiger charge is 2.35. The van der Waals surface area contributed by atoms with Crippen LogP contribution in [0.5, 0.6) is 11.5 Å². The SMILES string of the molecule is CCC(C)NC(=O)C(Cc1ccccc1)N(Cc1cccc(OC)c1)C(=O)CN(c1ccc(OC)cc1)S(=O)(=O)c1ccccc1. The second-order valence-corrected chi connectivity index (χ2v) is 12.8. The lowest BCUT2D eigenvalue weighted by molar-refractivity contribution is -0.140. The molecule has 2 amide bonds. The van der Waals surface area contributed by atoms with Gasteiger partial charge in [0, 0.05) is 19.0 Å². The summed E-state index contributed by atoms with van der Waals surface area (Å²) in [4.78, 5) is 30.0. The first kappa shape index (κ1) is 34.1. The van der Waals surface area contributed by atoms with Crippen LogP contribution < -0.4 is 19.1 Å². The standard InChI is InChI=1S/C36H41N3O6S/c1-5-27(2)37-36(41)34(24-28-13-8-6-9-14-28)38(25-29-15-12-16-32(23-29)45-4)35(40)26-39(30-19-21-31(44-3)22-20-30)46(42,43)33-17-10-7-11-18-33/h6-23,27,34H,5,24-26H2,1-4H3,(H,37,41). The molecule has 4 aromatic carbocycles. The molecule has 2 unspecified atom stereocenters. The van der Waals surface area contributed by atoms with Crippen LogP contribution in [0.25, 0.3) is 0 Å². The molecule has 46 heavy (non-hydrogen) atoms. The van der Waals surface area contributed by atoms with Gasteiger partial charge < -0.3 is 19.7 Å². The van der Waals surface area contributed by atoms with E-state index in [-0.39, 0.29) is 35.5 Å². The van der Waals surface area contributed by atoms with Gasteiger partial charge in [0.1, 0.15) is 24.1 Å². The van der Waals surface area contributed by atoms with Crippen molar-refractivity contribution in [2.45, 2.75) is 50.2 Å². The fraction of sp³-hybridized carbons (Fsp3) is 0.278. The van der Waals surface area contributed by atoms with Crippen molar-refractivity contribution in [1.82, 2.24) is 10.2 Å². The molecule has 0 aromatic heterocycles. The van der Waals surface area contributed by atoms with Crippen molar-refractivity contribution in [2.24, 2.45) is 0 Å². The van der Waals surface area contributed by atoms with E-state index in [4.69, 9.17) is 9.47 Å². The molecule has 1 N–H and O–H groups in total. The van der Waals surface area contributed by atoms with Crippen LogP contribution in [-0.2, 0) is 32.6 Å². The molecule has 10 heteroatoms. The Morgan fingerprint density at radius 1 is 0.783 bits per heavy atom. The molecular formula is C36H41N3O6S. The van der Waals surface area contributed by atoms with E-state index in [2.05, 4.69) is 5.32 Å². The van der Waals surface area contributed by atoms with Crippen molar-refractivity contribution >= 4 is 27.5 Å². The molecule has 4 aromatic rings. The average molecular weight is 644 g/mol. The van der Waals surface area contributed by atoms with Crippen molar-refractivity contribution in [3.63, 3.8) is 0 Å².